The molecule has 0 aliphatic heterocycles. The summed E-state index contributed by atoms with van der Waals surface area (Å²) in [5.74, 6) is 0.386. The number of hydrogen-bond donors (Lipinski definition) is 1. The van der Waals surface area contributed by atoms with Crippen LogP contribution < -0.4 is 10.1 Å². The van der Waals surface area contributed by atoms with E-state index in [0.717, 1.165) is 11.9 Å². The van der Waals surface area contributed by atoms with E-state index >= 15 is 0 Å². The first-order chi connectivity index (χ1) is 18.7. The van der Waals surface area contributed by atoms with Crippen LogP contribution in [0.4, 0.5) is 0 Å². The molecule has 40 heavy (non-hydrogen) atoms. The van der Waals surface area contributed by atoms with Crippen molar-refractivity contribution >= 4 is 27.6 Å². The highest BCUT2D eigenvalue weighted by Crippen LogP contribution is 2.55. The molecule has 0 spiro atoms. The third-order valence-corrected chi connectivity index (χ3v) is 8.15. The second-order valence-electron chi connectivity index (χ2n) is 11.1. The van der Waals surface area contributed by atoms with Gasteiger partial charge in [0.1, 0.15) is 17.9 Å². The van der Waals surface area contributed by atoms with Crippen LogP contribution in [0.5, 0.6) is 5.75 Å². The molecule has 1 aliphatic carbocycles. The van der Waals surface area contributed by atoms with Gasteiger partial charge in [0.05, 0.1) is 41.0 Å². The monoisotopic (exact) mass is 585 g/mol. The topological polar surface area (TPSA) is 136 Å². The third kappa shape index (κ3) is 6.30. The van der Waals surface area contributed by atoms with Crippen molar-refractivity contribution in [3.8, 4) is 17.5 Å². The van der Waals surface area contributed by atoms with Crippen LogP contribution >= 0.6 is 11.6 Å². The molecular formula is C28H32ClN5O5S. The molecule has 1 aromatic heterocycles. The summed E-state index contributed by atoms with van der Waals surface area (Å²) in [4.78, 5) is 13.2. The first-order valence-electron chi connectivity index (χ1n) is 12.8. The molecule has 0 radical (unpaired) electrons. The number of amides is 1. The average Bonchev–Trinajstić information content (AvgIpc) is 3.36. The van der Waals surface area contributed by atoms with Crippen molar-refractivity contribution < 1.29 is 22.1 Å². The fraction of sp³-hybridized carbons (Fsp3) is 0.429. The van der Waals surface area contributed by atoms with Crippen LogP contribution in [0, 0.1) is 22.2 Å². The molecule has 1 aliphatic rings. The molecule has 1 saturated carbocycles. The molecular weight excluding hydrogens is 554 g/mol. The Bertz CT molecular complexity index is 1530. The van der Waals surface area contributed by atoms with Gasteiger partial charge in [-0.25, -0.2) is 4.68 Å². The Morgan fingerprint density at radius 2 is 1.82 bits per heavy atom. The summed E-state index contributed by atoms with van der Waals surface area (Å²) in [5.41, 5.74) is 1.59. The van der Waals surface area contributed by atoms with Crippen LogP contribution in [0.2, 0.25) is 5.02 Å². The van der Waals surface area contributed by atoms with E-state index in [-0.39, 0.29) is 35.5 Å². The van der Waals surface area contributed by atoms with Crippen molar-refractivity contribution in [2.24, 2.45) is 10.8 Å². The molecule has 212 valence electrons. The lowest BCUT2D eigenvalue weighted by molar-refractivity contribution is -0.164. The van der Waals surface area contributed by atoms with Crippen LogP contribution in [0.15, 0.2) is 48.7 Å². The van der Waals surface area contributed by atoms with Crippen LogP contribution in [0.1, 0.15) is 55.7 Å². The summed E-state index contributed by atoms with van der Waals surface area (Å²) >= 11 is 6.18. The van der Waals surface area contributed by atoms with Gasteiger partial charge >= 0.3 is 0 Å². The van der Waals surface area contributed by atoms with Crippen molar-refractivity contribution in [3.63, 3.8) is 0 Å². The fourth-order valence-corrected chi connectivity index (χ4v) is 6.21. The molecule has 1 amide bonds. The van der Waals surface area contributed by atoms with E-state index in [4.69, 9.17) is 25.8 Å². The molecule has 0 atom stereocenters. The lowest BCUT2D eigenvalue weighted by atomic mass is 9.49. The SMILES string of the molecule is CC1(C)C(NC(=O)c2ccc(-n3cc(CCCOS(C)(=O)=O)nn3)cc2)C(C)(C)C1Oc1ccc(C#N)c(Cl)c1. The van der Waals surface area contributed by atoms with Gasteiger partial charge in [0.25, 0.3) is 16.0 Å². The van der Waals surface area contributed by atoms with Crippen LogP contribution in [-0.2, 0) is 20.7 Å². The van der Waals surface area contributed by atoms with Gasteiger partial charge in [0, 0.05) is 28.5 Å². The number of ether oxygens (including phenoxy) is 1. The highest BCUT2D eigenvalue weighted by molar-refractivity contribution is 7.85. The average molecular weight is 586 g/mol. The quantitative estimate of drug-likeness (QED) is 0.274. The second-order valence-corrected chi connectivity index (χ2v) is 13.2. The minimum atomic E-state index is -3.46. The highest BCUT2D eigenvalue weighted by atomic mass is 35.5. The molecule has 12 heteroatoms. The summed E-state index contributed by atoms with van der Waals surface area (Å²) in [7, 11) is -3.46. The number of nitrogens with one attached hydrogen (secondary N) is 1. The first kappa shape index (κ1) is 29.5. The smallest absolute Gasteiger partial charge is 0.264 e. The van der Waals surface area contributed by atoms with Gasteiger partial charge < -0.3 is 10.1 Å². The lowest BCUT2D eigenvalue weighted by Crippen LogP contribution is -2.74. The van der Waals surface area contributed by atoms with E-state index in [1.165, 1.54) is 0 Å². The van der Waals surface area contributed by atoms with E-state index < -0.39 is 10.1 Å². The van der Waals surface area contributed by atoms with E-state index in [9.17, 15) is 13.2 Å². The van der Waals surface area contributed by atoms with E-state index in [1.54, 1.807) is 53.3 Å². The summed E-state index contributed by atoms with van der Waals surface area (Å²) in [5, 5.41) is 20.9. The van der Waals surface area contributed by atoms with Gasteiger partial charge in [-0.15, -0.1) is 5.10 Å². The zero-order valence-electron chi connectivity index (χ0n) is 23.0. The first-order valence-corrected chi connectivity index (χ1v) is 14.9. The highest BCUT2D eigenvalue weighted by Gasteiger charge is 2.64. The predicted octanol–water partition coefficient (Wildman–Crippen LogP) is 4.31. The third-order valence-electron chi connectivity index (χ3n) is 7.24. The number of aryl methyl sites for hydroxylation is 1. The number of nitrogens with zero attached hydrogens (tertiary/aromatic N) is 4. The number of nitriles is 1. The van der Waals surface area contributed by atoms with Gasteiger partial charge in [-0.2, -0.15) is 13.7 Å². The number of benzene rings is 2. The lowest BCUT2D eigenvalue weighted by Gasteiger charge is -2.63. The number of halogens is 1. The molecule has 3 aromatic rings. The largest absolute Gasteiger partial charge is 0.489 e. The fourth-order valence-electron chi connectivity index (χ4n) is 5.58. The Labute approximate surface area is 239 Å². The molecule has 0 bridgehead atoms. The van der Waals surface area contributed by atoms with Crippen LogP contribution in [0.3, 0.4) is 0 Å². The maximum absolute atomic E-state index is 13.2. The van der Waals surface area contributed by atoms with E-state index in [2.05, 4.69) is 43.3 Å². The van der Waals surface area contributed by atoms with Gasteiger partial charge in [0.15, 0.2) is 0 Å². The molecule has 0 saturated heterocycles. The van der Waals surface area contributed by atoms with Crippen LogP contribution in [-0.4, -0.2) is 54.3 Å². The normalized spacial score (nSPS) is 19.3. The summed E-state index contributed by atoms with van der Waals surface area (Å²) in [6, 6.07) is 13.9. The predicted molar refractivity (Wildman–Crippen MR) is 150 cm³/mol. The Morgan fingerprint density at radius 1 is 1.15 bits per heavy atom. The Kier molecular flexibility index (Phi) is 8.26. The zero-order valence-corrected chi connectivity index (χ0v) is 24.6. The van der Waals surface area contributed by atoms with Crippen molar-refractivity contribution in [1.29, 1.82) is 5.26 Å². The molecule has 10 nitrogen and oxygen atoms in total. The van der Waals surface area contributed by atoms with Crippen molar-refractivity contribution in [1.82, 2.24) is 20.3 Å². The number of rotatable bonds is 10. The minimum absolute atomic E-state index is 0.0841. The van der Waals surface area contributed by atoms with Crippen molar-refractivity contribution in [2.75, 3.05) is 12.9 Å². The number of aromatic nitrogens is 3. The van der Waals surface area contributed by atoms with E-state index in [0.29, 0.717) is 40.4 Å². The van der Waals surface area contributed by atoms with Gasteiger partial charge in [0.2, 0.25) is 0 Å². The minimum Gasteiger partial charge on any atom is -0.489 e. The van der Waals surface area contributed by atoms with Gasteiger partial charge in [-0.05, 0) is 49.2 Å². The van der Waals surface area contributed by atoms with Crippen molar-refractivity contribution in [3.05, 3.63) is 70.5 Å². The molecule has 0 unspecified atom stereocenters. The molecule has 1 fully saturated rings. The number of carbonyl (C=O) groups is 1. The molecule has 2 aromatic carbocycles. The molecule has 1 heterocycles. The Morgan fingerprint density at radius 3 is 2.42 bits per heavy atom. The second kappa shape index (κ2) is 11.2. The van der Waals surface area contributed by atoms with Gasteiger partial charge in [-0.3, -0.25) is 8.98 Å². The molecule has 1 N–H and O–H groups in total. The van der Waals surface area contributed by atoms with Gasteiger partial charge in [-0.1, -0.05) is 44.5 Å². The summed E-state index contributed by atoms with van der Waals surface area (Å²) in [6.45, 7) is 8.30. The maximum atomic E-state index is 13.2. The van der Waals surface area contributed by atoms with Crippen molar-refractivity contribution in [2.45, 2.75) is 52.7 Å². The number of carbonyl (C=O) groups excluding carboxylic acids is 1. The Hall–Kier alpha value is -3.46. The zero-order chi connectivity index (χ0) is 29.3. The standard InChI is InChI=1S/C28H32ClN5O5S/c1-27(2)25(28(3,4)26(27)39-22-13-10-19(16-30)23(29)15-22)31-24(35)18-8-11-21(12-9-18)34-17-20(32-33-34)7-6-14-38-40(5,36)37/h8-13,15,17,25-26H,6-7,14H2,1-5H3,(H,31,35). The summed E-state index contributed by atoms with van der Waals surface area (Å²) in [6.07, 6.45) is 3.59. The molecule has 4 rings (SSSR count). The van der Waals surface area contributed by atoms with Crippen LogP contribution in [0.25, 0.3) is 5.69 Å². The van der Waals surface area contributed by atoms with E-state index in [1.807, 2.05) is 6.07 Å². The maximum Gasteiger partial charge on any atom is 0.264 e. The summed E-state index contributed by atoms with van der Waals surface area (Å²) < 4.78 is 34.8. The number of hydrogen-bond acceptors (Lipinski definition) is 8. The Balaban J connectivity index is 1.37.